The lowest BCUT2D eigenvalue weighted by Gasteiger charge is -2.16. The molecule has 0 saturated carbocycles. The first-order valence-corrected chi connectivity index (χ1v) is 8.82. The molecule has 7 heteroatoms. The van der Waals surface area contributed by atoms with E-state index in [1.807, 2.05) is 0 Å². The van der Waals surface area contributed by atoms with E-state index < -0.39 is 0 Å². The van der Waals surface area contributed by atoms with Crippen molar-refractivity contribution in [3.05, 3.63) is 57.6 Å². The van der Waals surface area contributed by atoms with Gasteiger partial charge in [-0.1, -0.05) is 29.3 Å². The quantitative estimate of drug-likeness (QED) is 0.622. The number of rotatable bonds is 7. The molecule has 0 aliphatic rings. The van der Waals surface area contributed by atoms with Crippen molar-refractivity contribution in [2.45, 2.75) is 6.54 Å². The number of hydrogen-bond acceptors (Lipinski definition) is 4. The number of ether oxygens (including phenoxy) is 3. The van der Waals surface area contributed by atoms with E-state index in [1.54, 1.807) is 69.7 Å². The topological polar surface area (TPSA) is 48.0 Å². The predicted octanol–water partition coefficient (Wildman–Crippen LogP) is 4.69. The Balaban J connectivity index is 2.17. The number of methoxy groups -OCH3 is 3. The Morgan fingerprint density at radius 1 is 1.00 bits per heavy atom. The minimum Gasteiger partial charge on any atom is -0.496 e. The van der Waals surface area contributed by atoms with E-state index in [2.05, 4.69) is 0 Å². The van der Waals surface area contributed by atoms with E-state index in [0.29, 0.717) is 39.4 Å². The Kier molecular flexibility index (Phi) is 7.39. The van der Waals surface area contributed by atoms with Crippen molar-refractivity contribution in [3.63, 3.8) is 0 Å². The van der Waals surface area contributed by atoms with Crippen LogP contribution in [0.2, 0.25) is 10.0 Å². The lowest BCUT2D eigenvalue weighted by molar-refractivity contribution is -0.125. The van der Waals surface area contributed by atoms with Gasteiger partial charge in [0.05, 0.1) is 21.3 Å². The molecule has 0 saturated heterocycles. The zero-order valence-electron chi connectivity index (χ0n) is 15.6. The van der Waals surface area contributed by atoms with Gasteiger partial charge in [-0.3, -0.25) is 4.79 Å². The van der Waals surface area contributed by atoms with Crippen molar-refractivity contribution < 1.29 is 19.0 Å². The number of carbonyl (C=O) groups is 1. The first-order chi connectivity index (χ1) is 12.9. The minimum absolute atomic E-state index is 0.183. The third kappa shape index (κ3) is 5.31. The molecule has 0 heterocycles. The maximum atomic E-state index is 12.4. The standard InChI is InChI=1S/C20H21Cl2NO4/c1-23(12-14-5-7-15(21)10-16(14)22)20(24)8-6-13-9-18(26-3)19(27-4)11-17(13)25-2/h5-11H,12H2,1-4H3/b8-6+. The van der Waals surface area contributed by atoms with Gasteiger partial charge in [0.1, 0.15) is 5.75 Å². The van der Waals surface area contributed by atoms with Crippen molar-refractivity contribution in [1.82, 2.24) is 4.90 Å². The molecule has 144 valence electrons. The highest BCUT2D eigenvalue weighted by molar-refractivity contribution is 6.35. The molecule has 0 aliphatic carbocycles. The Labute approximate surface area is 169 Å². The van der Waals surface area contributed by atoms with Crippen LogP contribution < -0.4 is 14.2 Å². The Morgan fingerprint density at radius 2 is 1.63 bits per heavy atom. The molecule has 2 aromatic carbocycles. The van der Waals surface area contributed by atoms with E-state index in [-0.39, 0.29) is 5.91 Å². The normalized spacial score (nSPS) is 10.7. The Hall–Kier alpha value is -2.37. The molecule has 0 aliphatic heterocycles. The molecule has 2 aromatic rings. The van der Waals surface area contributed by atoms with Crippen LogP contribution in [-0.4, -0.2) is 39.2 Å². The van der Waals surface area contributed by atoms with Gasteiger partial charge in [0, 0.05) is 41.3 Å². The second kappa shape index (κ2) is 9.53. The summed E-state index contributed by atoms with van der Waals surface area (Å²) in [6, 6.07) is 8.65. The lowest BCUT2D eigenvalue weighted by Crippen LogP contribution is -2.24. The van der Waals surface area contributed by atoms with Crippen LogP contribution in [0.4, 0.5) is 0 Å². The fourth-order valence-corrected chi connectivity index (χ4v) is 2.92. The van der Waals surface area contributed by atoms with Gasteiger partial charge in [-0.25, -0.2) is 0 Å². The minimum atomic E-state index is -0.183. The second-order valence-corrected chi connectivity index (χ2v) is 6.56. The predicted molar refractivity (Wildman–Crippen MR) is 108 cm³/mol. The average molecular weight is 410 g/mol. The van der Waals surface area contributed by atoms with Crippen LogP contribution in [0.3, 0.4) is 0 Å². The van der Waals surface area contributed by atoms with E-state index in [1.165, 1.54) is 6.08 Å². The second-order valence-electron chi connectivity index (χ2n) is 5.71. The maximum absolute atomic E-state index is 12.4. The Bertz CT molecular complexity index is 852. The van der Waals surface area contributed by atoms with Crippen LogP contribution in [-0.2, 0) is 11.3 Å². The van der Waals surface area contributed by atoms with Gasteiger partial charge < -0.3 is 19.1 Å². The van der Waals surface area contributed by atoms with Crippen LogP contribution in [0.25, 0.3) is 6.08 Å². The summed E-state index contributed by atoms with van der Waals surface area (Å²) in [4.78, 5) is 14.0. The highest BCUT2D eigenvalue weighted by Gasteiger charge is 2.12. The molecule has 0 aromatic heterocycles. The van der Waals surface area contributed by atoms with Crippen molar-refractivity contribution in [1.29, 1.82) is 0 Å². The maximum Gasteiger partial charge on any atom is 0.246 e. The fourth-order valence-electron chi connectivity index (χ4n) is 2.45. The number of likely N-dealkylation sites (N-methyl/N-ethyl adjacent to an activating group) is 1. The molecule has 0 fully saturated rings. The third-order valence-electron chi connectivity index (χ3n) is 3.94. The number of halogens is 2. The van der Waals surface area contributed by atoms with E-state index in [0.717, 1.165) is 5.56 Å². The van der Waals surface area contributed by atoms with Crippen molar-refractivity contribution in [2.75, 3.05) is 28.4 Å². The summed E-state index contributed by atoms with van der Waals surface area (Å²) in [6.07, 6.45) is 3.14. The summed E-state index contributed by atoms with van der Waals surface area (Å²) in [5.74, 6) is 1.48. The first-order valence-electron chi connectivity index (χ1n) is 8.06. The molecule has 2 rings (SSSR count). The van der Waals surface area contributed by atoms with Crippen LogP contribution in [0.5, 0.6) is 17.2 Å². The average Bonchev–Trinajstić information content (AvgIpc) is 2.67. The number of benzene rings is 2. The van der Waals surface area contributed by atoms with Gasteiger partial charge in [0.15, 0.2) is 11.5 Å². The lowest BCUT2D eigenvalue weighted by atomic mass is 10.1. The monoisotopic (exact) mass is 409 g/mol. The van der Waals surface area contributed by atoms with Gasteiger partial charge in [-0.15, -0.1) is 0 Å². The van der Waals surface area contributed by atoms with E-state index in [9.17, 15) is 4.79 Å². The summed E-state index contributed by atoms with van der Waals surface area (Å²) in [6.45, 7) is 0.363. The van der Waals surface area contributed by atoms with E-state index in [4.69, 9.17) is 37.4 Å². The number of hydrogen-bond donors (Lipinski definition) is 0. The van der Waals surface area contributed by atoms with Crippen molar-refractivity contribution in [2.24, 2.45) is 0 Å². The number of carbonyl (C=O) groups excluding carboxylic acids is 1. The molecule has 0 atom stereocenters. The zero-order valence-corrected chi connectivity index (χ0v) is 17.1. The van der Waals surface area contributed by atoms with Crippen LogP contribution >= 0.6 is 23.2 Å². The molecule has 5 nitrogen and oxygen atoms in total. The zero-order chi connectivity index (χ0) is 20.0. The largest absolute Gasteiger partial charge is 0.496 e. The number of amides is 1. The third-order valence-corrected chi connectivity index (χ3v) is 4.53. The van der Waals surface area contributed by atoms with Crippen LogP contribution in [0.1, 0.15) is 11.1 Å². The van der Waals surface area contributed by atoms with Crippen molar-refractivity contribution >= 4 is 35.2 Å². The molecular weight excluding hydrogens is 389 g/mol. The molecule has 0 N–H and O–H groups in total. The molecular formula is C20H21Cl2NO4. The molecule has 0 radical (unpaired) electrons. The highest BCUT2D eigenvalue weighted by atomic mass is 35.5. The summed E-state index contributed by atoms with van der Waals surface area (Å²) >= 11 is 12.1. The SMILES string of the molecule is COc1cc(OC)c(OC)cc1/C=C/C(=O)N(C)Cc1ccc(Cl)cc1Cl. The molecule has 0 unspecified atom stereocenters. The van der Waals surface area contributed by atoms with Gasteiger partial charge in [0.2, 0.25) is 5.91 Å². The van der Waals surface area contributed by atoms with Crippen LogP contribution in [0, 0.1) is 0 Å². The smallest absolute Gasteiger partial charge is 0.246 e. The number of nitrogens with zero attached hydrogens (tertiary/aromatic N) is 1. The molecule has 27 heavy (non-hydrogen) atoms. The highest BCUT2D eigenvalue weighted by Crippen LogP contribution is 2.35. The molecule has 0 bridgehead atoms. The first kappa shape index (κ1) is 20.9. The van der Waals surface area contributed by atoms with Gasteiger partial charge in [-0.05, 0) is 29.8 Å². The van der Waals surface area contributed by atoms with Gasteiger partial charge >= 0.3 is 0 Å². The summed E-state index contributed by atoms with van der Waals surface area (Å²) in [5, 5.41) is 1.07. The van der Waals surface area contributed by atoms with Crippen LogP contribution in [0.15, 0.2) is 36.4 Å². The summed E-state index contributed by atoms with van der Waals surface area (Å²) < 4.78 is 15.9. The summed E-state index contributed by atoms with van der Waals surface area (Å²) in [7, 11) is 6.35. The molecule has 0 spiro atoms. The van der Waals surface area contributed by atoms with Gasteiger partial charge in [0.25, 0.3) is 0 Å². The van der Waals surface area contributed by atoms with E-state index >= 15 is 0 Å². The Morgan fingerprint density at radius 3 is 2.22 bits per heavy atom. The van der Waals surface area contributed by atoms with Gasteiger partial charge in [-0.2, -0.15) is 0 Å². The molecule has 1 amide bonds. The summed E-state index contributed by atoms with van der Waals surface area (Å²) in [5.41, 5.74) is 1.51. The fraction of sp³-hybridized carbons (Fsp3) is 0.250. The van der Waals surface area contributed by atoms with Crippen molar-refractivity contribution in [3.8, 4) is 17.2 Å².